The summed E-state index contributed by atoms with van der Waals surface area (Å²) in [5, 5.41) is 21.8. The molecule has 0 aromatic heterocycles. The highest BCUT2D eigenvalue weighted by Gasteiger charge is 2.15. The minimum atomic E-state index is -0.590. The molecule has 33 heavy (non-hydrogen) atoms. The molecule has 0 bridgehead atoms. The molecule has 0 aliphatic rings. The maximum absolute atomic E-state index is 12.5. The zero-order chi connectivity index (χ0) is 23.8. The molecule has 8 heteroatoms. The number of anilines is 1. The van der Waals surface area contributed by atoms with Crippen LogP contribution in [0.15, 0.2) is 70.7 Å². The Balaban J connectivity index is 1.83. The van der Waals surface area contributed by atoms with E-state index >= 15 is 0 Å². The van der Waals surface area contributed by atoms with Gasteiger partial charge in [-0.25, -0.2) is 0 Å². The fraction of sp³-hybridized carbons (Fsp3) is 0.120. The van der Waals surface area contributed by atoms with E-state index in [0.717, 1.165) is 10.0 Å². The number of benzene rings is 3. The maximum Gasteiger partial charge on any atom is 0.266 e. The summed E-state index contributed by atoms with van der Waals surface area (Å²) in [5.41, 5.74) is 1.80. The van der Waals surface area contributed by atoms with Gasteiger partial charge >= 0.3 is 0 Å². The van der Waals surface area contributed by atoms with Crippen molar-refractivity contribution in [2.75, 3.05) is 11.9 Å². The predicted molar refractivity (Wildman–Crippen MR) is 131 cm³/mol. The third kappa shape index (κ3) is 6.75. The molecule has 0 saturated heterocycles. The van der Waals surface area contributed by atoms with Crippen LogP contribution in [0.25, 0.3) is 6.08 Å². The lowest BCUT2D eigenvalue weighted by molar-refractivity contribution is -0.112. The summed E-state index contributed by atoms with van der Waals surface area (Å²) >= 11 is 9.86. The highest BCUT2D eigenvalue weighted by atomic mass is 79.9. The molecule has 168 valence electrons. The van der Waals surface area contributed by atoms with Gasteiger partial charge in [0.2, 0.25) is 0 Å². The first-order chi connectivity index (χ1) is 15.9. The van der Waals surface area contributed by atoms with Gasteiger partial charge < -0.3 is 19.9 Å². The number of phenols is 1. The minimum absolute atomic E-state index is 0.0737. The first-order valence-corrected chi connectivity index (χ1v) is 11.1. The van der Waals surface area contributed by atoms with Crippen molar-refractivity contribution >= 4 is 45.2 Å². The number of carbonyl (C=O) groups excluding carboxylic acids is 1. The van der Waals surface area contributed by atoms with Crippen LogP contribution in [0.4, 0.5) is 5.69 Å². The zero-order valence-electron chi connectivity index (χ0n) is 17.6. The van der Waals surface area contributed by atoms with Crippen LogP contribution in [0.5, 0.6) is 17.2 Å². The number of halogens is 2. The van der Waals surface area contributed by atoms with E-state index in [-0.39, 0.29) is 11.3 Å². The molecule has 3 aromatic carbocycles. The molecule has 0 radical (unpaired) electrons. The van der Waals surface area contributed by atoms with E-state index in [0.29, 0.717) is 41.0 Å². The van der Waals surface area contributed by atoms with Crippen molar-refractivity contribution in [3.05, 3.63) is 86.9 Å². The van der Waals surface area contributed by atoms with Crippen LogP contribution < -0.4 is 14.8 Å². The van der Waals surface area contributed by atoms with Crippen LogP contribution in [-0.2, 0) is 11.4 Å². The van der Waals surface area contributed by atoms with E-state index in [1.807, 2.05) is 37.3 Å². The Morgan fingerprint density at radius 2 is 1.85 bits per heavy atom. The molecule has 0 aliphatic heterocycles. The van der Waals surface area contributed by atoms with Gasteiger partial charge in [-0.3, -0.25) is 4.79 Å². The molecule has 0 spiro atoms. The quantitative estimate of drug-likeness (QED) is 0.203. The van der Waals surface area contributed by atoms with Crippen LogP contribution in [0.3, 0.4) is 0 Å². The van der Waals surface area contributed by atoms with Gasteiger partial charge in [-0.2, -0.15) is 5.26 Å². The largest absolute Gasteiger partial charge is 0.508 e. The van der Waals surface area contributed by atoms with Crippen LogP contribution in [0, 0.1) is 11.3 Å². The number of ether oxygens (including phenoxy) is 2. The van der Waals surface area contributed by atoms with Crippen molar-refractivity contribution in [2.24, 2.45) is 0 Å². The number of nitrogens with zero attached hydrogens (tertiary/aromatic N) is 1. The molecule has 2 N–H and O–H groups in total. The Morgan fingerprint density at radius 3 is 2.48 bits per heavy atom. The first kappa shape index (κ1) is 24.2. The van der Waals surface area contributed by atoms with E-state index in [4.69, 9.17) is 21.1 Å². The van der Waals surface area contributed by atoms with Crippen LogP contribution in [0.1, 0.15) is 18.1 Å². The summed E-state index contributed by atoms with van der Waals surface area (Å²) < 4.78 is 12.6. The van der Waals surface area contributed by atoms with E-state index < -0.39 is 5.91 Å². The molecular weight excluding hydrogens is 508 g/mol. The highest BCUT2D eigenvalue weighted by molar-refractivity contribution is 9.10. The van der Waals surface area contributed by atoms with Crippen molar-refractivity contribution < 1.29 is 19.4 Å². The van der Waals surface area contributed by atoms with E-state index in [2.05, 4.69) is 21.2 Å². The Labute approximate surface area is 205 Å². The molecule has 0 unspecified atom stereocenters. The molecular formula is C25H20BrClN2O4. The van der Waals surface area contributed by atoms with Crippen LogP contribution >= 0.6 is 27.5 Å². The van der Waals surface area contributed by atoms with E-state index in [1.165, 1.54) is 30.3 Å². The number of hydrogen-bond donors (Lipinski definition) is 2. The average molecular weight is 528 g/mol. The monoisotopic (exact) mass is 526 g/mol. The molecule has 3 aromatic rings. The number of nitriles is 1. The summed E-state index contributed by atoms with van der Waals surface area (Å²) in [7, 11) is 0. The van der Waals surface area contributed by atoms with Crippen LogP contribution in [-0.4, -0.2) is 17.6 Å². The summed E-state index contributed by atoms with van der Waals surface area (Å²) in [6.45, 7) is 2.51. The third-order valence-corrected chi connectivity index (χ3v) is 5.24. The summed E-state index contributed by atoms with van der Waals surface area (Å²) in [6, 6.07) is 18.8. The number of rotatable bonds is 8. The smallest absolute Gasteiger partial charge is 0.266 e. The fourth-order valence-electron chi connectivity index (χ4n) is 2.87. The number of aromatic hydroxyl groups is 1. The van der Waals surface area contributed by atoms with Gasteiger partial charge in [0.15, 0.2) is 11.5 Å². The van der Waals surface area contributed by atoms with Crippen molar-refractivity contribution in [2.45, 2.75) is 13.5 Å². The molecule has 3 rings (SSSR count). The lowest BCUT2D eigenvalue weighted by Gasteiger charge is -2.15. The van der Waals surface area contributed by atoms with Crippen molar-refractivity contribution in [1.82, 2.24) is 0 Å². The second-order valence-electron chi connectivity index (χ2n) is 6.85. The summed E-state index contributed by atoms with van der Waals surface area (Å²) in [6.07, 6.45) is 1.42. The molecule has 0 heterocycles. The molecule has 0 aliphatic carbocycles. The van der Waals surface area contributed by atoms with Crippen molar-refractivity contribution in [3.8, 4) is 23.3 Å². The fourth-order valence-corrected chi connectivity index (χ4v) is 3.41. The van der Waals surface area contributed by atoms with Crippen molar-refractivity contribution in [1.29, 1.82) is 5.26 Å². The number of amides is 1. The second-order valence-corrected chi connectivity index (χ2v) is 8.17. The Hall–Kier alpha value is -3.47. The Kier molecular flexibility index (Phi) is 8.36. The number of phenolic OH excluding ortho intramolecular Hbond substituents is 1. The Morgan fingerprint density at radius 1 is 1.15 bits per heavy atom. The predicted octanol–water partition coefficient (Wildman–Crippen LogP) is 6.33. The minimum Gasteiger partial charge on any atom is -0.508 e. The SMILES string of the molecule is CCOc1cc(/C=C(\C#N)C(=O)Nc2ccc(O)cc2)cc(Cl)c1OCc1ccc(Br)cc1. The summed E-state index contributed by atoms with van der Waals surface area (Å²) in [4.78, 5) is 12.5. The number of nitrogens with one attached hydrogen (secondary N) is 1. The molecule has 1 amide bonds. The van der Waals surface area contributed by atoms with Crippen molar-refractivity contribution in [3.63, 3.8) is 0 Å². The highest BCUT2D eigenvalue weighted by Crippen LogP contribution is 2.38. The van der Waals surface area contributed by atoms with Crippen LogP contribution in [0.2, 0.25) is 5.02 Å². The standard InChI is InChI=1S/C25H20BrClN2O4/c1-2-32-23-13-17(11-18(14-28)25(31)29-20-7-9-21(30)10-8-20)12-22(27)24(23)33-15-16-3-5-19(26)6-4-16/h3-13,30H,2,15H2,1H3,(H,29,31)/b18-11+. The molecule has 6 nitrogen and oxygen atoms in total. The Bertz CT molecular complexity index is 1200. The summed E-state index contributed by atoms with van der Waals surface area (Å²) in [5.74, 6) is 0.271. The third-order valence-electron chi connectivity index (χ3n) is 4.43. The van der Waals surface area contributed by atoms with Gasteiger partial charge in [0.25, 0.3) is 5.91 Å². The first-order valence-electron chi connectivity index (χ1n) is 9.95. The average Bonchev–Trinajstić information content (AvgIpc) is 2.79. The molecule has 0 saturated carbocycles. The number of hydrogen-bond acceptors (Lipinski definition) is 5. The molecule has 0 atom stereocenters. The van der Waals surface area contributed by atoms with Gasteiger partial charge in [-0.05, 0) is 72.7 Å². The van der Waals surface area contributed by atoms with Gasteiger partial charge in [0.05, 0.1) is 11.6 Å². The lowest BCUT2D eigenvalue weighted by Crippen LogP contribution is -2.13. The van der Waals surface area contributed by atoms with Gasteiger partial charge in [-0.15, -0.1) is 0 Å². The lowest BCUT2D eigenvalue weighted by atomic mass is 10.1. The van der Waals surface area contributed by atoms with E-state index in [1.54, 1.807) is 12.1 Å². The van der Waals surface area contributed by atoms with Gasteiger partial charge in [-0.1, -0.05) is 39.7 Å². The zero-order valence-corrected chi connectivity index (χ0v) is 20.0. The topological polar surface area (TPSA) is 91.6 Å². The van der Waals surface area contributed by atoms with Gasteiger partial charge in [0, 0.05) is 10.2 Å². The maximum atomic E-state index is 12.5. The normalized spacial score (nSPS) is 10.9. The van der Waals surface area contributed by atoms with Gasteiger partial charge in [0.1, 0.15) is 24.0 Å². The van der Waals surface area contributed by atoms with E-state index in [9.17, 15) is 15.2 Å². The number of carbonyl (C=O) groups is 1. The molecule has 0 fully saturated rings. The second kappa shape index (κ2) is 11.4.